The van der Waals surface area contributed by atoms with Crippen molar-refractivity contribution in [3.63, 3.8) is 0 Å². The molecule has 0 saturated carbocycles. The van der Waals surface area contributed by atoms with E-state index in [1.54, 1.807) is 0 Å². The van der Waals surface area contributed by atoms with Crippen molar-refractivity contribution in [2.75, 3.05) is 26.8 Å². The largest absolute Gasteiger partial charge is 0.468 e. The van der Waals surface area contributed by atoms with Gasteiger partial charge in [-0.1, -0.05) is 6.42 Å². The Hall–Kier alpha value is -0.610. The third-order valence-electron chi connectivity index (χ3n) is 3.55. The van der Waals surface area contributed by atoms with E-state index in [1.807, 2.05) is 0 Å². The van der Waals surface area contributed by atoms with Gasteiger partial charge >= 0.3 is 5.97 Å². The number of likely N-dealkylation sites (tertiary alicyclic amines) is 1. The summed E-state index contributed by atoms with van der Waals surface area (Å²) in [5.74, 6) is -0.0855. The molecule has 0 radical (unpaired) electrons. The summed E-state index contributed by atoms with van der Waals surface area (Å²) < 4.78 is 10.5. The average molecular weight is 227 g/mol. The van der Waals surface area contributed by atoms with Crippen molar-refractivity contribution in [1.82, 2.24) is 4.90 Å². The standard InChI is InChI=1S/C12H21NO3/c1-15-12(14)11-6-2-3-7-13(11)9-10-5-4-8-16-10/h10-11H,2-9H2,1H3. The van der Waals surface area contributed by atoms with Crippen LogP contribution in [0.25, 0.3) is 0 Å². The molecule has 4 heteroatoms. The smallest absolute Gasteiger partial charge is 0.323 e. The van der Waals surface area contributed by atoms with Gasteiger partial charge in [0.25, 0.3) is 0 Å². The highest BCUT2D eigenvalue weighted by atomic mass is 16.5. The van der Waals surface area contributed by atoms with Crippen LogP contribution in [-0.4, -0.2) is 49.8 Å². The number of carbonyl (C=O) groups excluding carboxylic acids is 1. The number of rotatable bonds is 3. The Balaban J connectivity index is 1.90. The number of carbonyl (C=O) groups is 1. The number of nitrogens with zero attached hydrogens (tertiary/aromatic N) is 1. The maximum atomic E-state index is 11.6. The van der Waals surface area contributed by atoms with Crippen LogP contribution >= 0.6 is 0 Å². The first-order valence-corrected chi connectivity index (χ1v) is 6.24. The molecule has 0 N–H and O–H groups in total. The van der Waals surface area contributed by atoms with Crippen molar-refractivity contribution in [2.45, 2.75) is 44.2 Å². The average Bonchev–Trinajstić information content (AvgIpc) is 2.82. The number of esters is 1. The topological polar surface area (TPSA) is 38.8 Å². The molecular formula is C12H21NO3. The maximum absolute atomic E-state index is 11.6. The van der Waals surface area contributed by atoms with E-state index in [0.29, 0.717) is 6.10 Å². The molecular weight excluding hydrogens is 206 g/mol. The van der Waals surface area contributed by atoms with Crippen LogP contribution in [0, 0.1) is 0 Å². The van der Waals surface area contributed by atoms with Crippen LogP contribution < -0.4 is 0 Å². The number of piperidine rings is 1. The molecule has 0 bridgehead atoms. The fourth-order valence-electron chi connectivity index (χ4n) is 2.66. The van der Waals surface area contributed by atoms with Crippen LogP contribution in [0.3, 0.4) is 0 Å². The fourth-order valence-corrected chi connectivity index (χ4v) is 2.66. The first kappa shape index (κ1) is 11.9. The molecule has 2 heterocycles. The number of methoxy groups -OCH3 is 1. The molecule has 0 aliphatic carbocycles. The first-order valence-electron chi connectivity index (χ1n) is 6.24. The molecule has 4 nitrogen and oxygen atoms in total. The second kappa shape index (κ2) is 5.64. The molecule has 92 valence electrons. The summed E-state index contributed by atoms with van der Waals surface area (Å²) in [6.45, 7) is 2.76. The minimum absolute atomic E-state index is 0.0389. The first-order chi connectivity index (χ1) is 7.81. The Labute approximate surface area is 96.9 Å². The zero-order chi connectivity index (χ0) is 11.4. The van der Waals surface area contributed by atoms with Crippen LogP contribution in [0.15, 0.2) is 0 Å². The SMILES string of the molecule is COC(=O)C1CCCCN1CC1CCCO1. The van der Waals surface area contributed by atoms with E-state index < -0.39 is 0 Å². The van der Waals surface area contributed by atoms with Crippen LogP contribution in [0.1, 0.15) is 32.1 Å². The fraction of sp³-hybridized carbons (Fsp3) is 0.917. The van der Waals surface area contributed by atoms with Gasteiger partial charge in [0.1, 0.15) is 6.04 Å². The predicted octanol–water partition coefficient (Wildman–Crippen LogP) is 1.19. The third kappa shape index (κ3) is 2.74. The molecule has 2 atom stereocenters. The van der Waals surface area contributed by atoms with E-state index in [9.17, 15) is 4.79 Å². The Morgan fingerprint density at radius 1 is 1.38 bits per heavy atom. The third-order valence-corrected chi connectivity index (χ3v) is 3.55. The van der Waals surface area contributed by atoms with Gasteiger partial charge < -0.3 is 9.47 Å². The van der Waals surface area contributed by atoms with Crippen molar-refractivity contribution < 1.29 is 14.3 Å². The van der Waals surface area contributed by atoms with Gasteiger partial charge in [0.15, 0.2) is 0 Å². The van der Waals surface area contributed by atoms with Crippen molar-refractivity contribution >= 4 is 5.97 Å². The van der Waals surface area contributed by atoms with E-state index >= 15 is 0 Å². The molecule has 0 amide bonds. The lowest BCUT2D eigenvalue weighted by Crippen LogP contribution is -2.48. The van der Waals surface area contributed by atoms with Gasteiger partial charge in [-0.2, -0.15) is 0 Å². The molecule has 0 spiro atoms. The molecule has 0 aromatic heterocycles. The summed E-state index contributed by atoms with van der Waals surface area (Å²) in [5.41, 5.74) is 0. The zero-order valence-corrected chi connectivity index (χ0v) is 9.98. The Morgan fingerprint density at radius 3 is 2.94 bits per heavy atom. The van der Waals surface area contributed by atoms with Crippen molar-refractivity contribution in [2.24, 2.45) is 0 Å². The van der Waals surface area contributed by atoms with Crippen molar-refractivity contribution in [3.8, 4) is 0 Å². The van der Waals surface area contributed by atoms with Gasteiger partial charge in [0.05, 0.1) is 13.2 Å². The van der Waals surface area contributed by atoms with Crippen LogP contribution in [0.5, 0.6) is 0 Å². The lowest BCUT2D eigenvalue weighted by Gasteiger charge is -2.35. The quantitative estimate of drug-likeness (QED) is 0.679. The highest BCUT2D eigenvalue weighted by Gasteiger charge is 2.31. The van der Waals surface area contributed by atoms with Gasteiger partial charge in [-0.05, 0) is 32.2 Å². The monoisotopic (exact) mass is 227 g/mol. The molecule has 0 aromatic carbocycles. The summed E-state index contributed by atoms with van der Waals surface area (Å²) in [5, 5.41) is 0. The van der Waals surface area contributed by atoms with E-state index in [2.05, 4.69) is 4.90 Å². The van der Waals surface area contributed by atoms with E-state index in [1.165, 1.54) is 13.5 Å². The normalized spacial score (nSPS) is 31.6. The maximum Gasteiger partial charge on any atom is 0.323 e. The molecule has 2 rings (SSSR count). The molecule has 2 fully saturated rings. The number of hydrogen-bond acceptors (Lipinski definition) is 4. The minimum atomic E-state index is -0.0855. The summed E-state index contributed by atoms with van der Waals surface area (Å²) in [6.07, 6.45) is 5.85. The molecule has 2 aliphatic heterocycles. The second-order valence-electron chi connectivity index (χ2n) is 4.66. The van der Waals surface area contributed by atoms with Crippen molar-refractivity contribution in [3.05, 3.63) is 0 Å². The summed E-state index contributed by atoms with van der Waals surface area (Å²) in [6, 6.07) is -0.0389. The highest BCUT2D eigenvalue weighted by molar-refractivity contribution is 5.75. The Kier molecular flexibility index (Phi) is 4.18. The number of hydrogen-bond donors (Lipinski definition) is 0. The van der Waals surface area contributed by atoms with E-state index in [4.69, 9.17) is 9.47 Å². The lowest BCUT2D eigenvalue weighted by molar-refractivity contribution is -0.149. The minimum Gasteiger partial charge on any atom is -0.468 e. The van der Waals surface area contributed by atoms with E-state index in [-0.39, 0.29) is 12.0 Å². The van der Waals surface area contributed by atoms with Gasteiger partial charge in [-0.3, -0.25) is 9.69 Å². The number of ether oxygens (including phenoxy) is 2. The van der Waals surface area contributed by atoms with E-state index in [0.717, 1.165) is 45.4 Å². The van der Waals surface area contributed by atoms with Gasteiger partial charge in [0.2, 0.25) is 0 Å². The molecule has 0 aromatic rings. The Morgan fingerprint density at radius 2 is 2.25 bits per heavy atom. The van der Waals surface area contributed by atoms with Crippen LogP contribution in [0.4, 0.5) is 0 Å². The second-order valence-corrected chi connectivity index (χ2v) is 4.66. The van der Waals surface area contributed by atoms with Gasteiger partial charge in [0, 0.05) is 13.2 Å². The summed E-state index contributed by atoms with van der Waals surface area (Å²) in [4.78, 5) is 13.9. The van der Waals surface area contributed by atoms with Gasteiger partial charge in [-0.15, -0.1) is 0 Å². The highest BCUT2D eigenvalue weighted by Crippen LogP contribution is 2.21. The van der Waals surface area contributed by atoms with Crippen molar-refractivity contribution in [1.29, 1.82) is 0 Å². The summed E-state index contributed by atoms with van der Waals surface area (Å²) in [7, 11) is 1.47. The van der Waals surface area contributed by atoms with Crippen LogP contribution in [0.2, 0.25) is 0 Å². The van der Waals surface area contributed by atoms with Gasteiger partial charge in [-0.25, -0.2) is 0 Å². The zero-order valence-electron chi connectivity index (χ0n) is 9.98. The molecule has 2 aliphatic rings. The lowest BCUT2D eigenvalue weighted by atomic mass is 10.0. The molecule has 16 heavy (non-hydrogen) atoms. The van der Waals surface area contributed by atoms with Crippen LogP contribution in [-0.2, 0) is 14.3 Å². The molecule has 2 saturated heterocycles. The Bertz CT molecular complexity index is 238. The summed E-state index contributed by atoms with van der Waals surface area (Å²) >= 11 is 0. The predicted molar refractivity (Wildman–Crippen MR) is 60.2 cm³/mol. The molecule has 2 unspecified atom stereocenters.